The molecule has 0 unspecified atom stereocenters. The molecule has 1 aliphatic rings. The summed E-state index contributed by atoms with van der Waals surface area (Å²) >= 11 is 0. The molecule has 3 nitrogen and oxygen atoms in total. The maximum absolute atomic E-state index is 12.8. The minimum atomic E-state index is -0.815. The summed E-state index contributed by atoms with van der Waals surface area (Å²) in [6.07, 6.45) is 0. The molecule has 3 aromatic rings. The van der Waals surface area contributed by atoms with Crippen molar-refractivity contribution in [3.63, 3.8) is 0 Å². The van der Waals surface area contributed by atoms with Crippen molar-refractivity contribution in [3.05, 3.63) is 101 Å². The molecule has 3 heteroatoms. The Labute approximate surface area is 145 Å². The summed E-state index contributed by atoms with van der Waals surface area (Å²) in [6, 6.07) is 24.1. The highest BCUT2D eigenvalue weighted by atomic mass is 16.5. The van der Waals surface area contributed by atoms with E-state index in [0.717, 1.165) is 5.56 Å². The molecule has 0 heterocycles. The predicted octanol–water partition coefficient (Wildman–Crippen LogP) is 4.43. The average Bonchev–Trinajstić information content (AvgIpc) is 2.92. The van der Waals surface area contributed by atoms with E-state index in [9.17, 15) is 9.59 Å². The fourth-order valence-corrected chi connectivity index (χ4v) is 3.21. The Balaban J connectivity index is 1.66. The fraction of sp³-hybridized carbons (Fsp3) is 0.0909. The number of benzene rings is 3. The van der Waals surface area contributed by atoms with E-state index in [0.29, 0.717) is 29.0 Å². The van der Waals surface area contributed by atoms with Crippen molar-refractivity contribution in [1.82, 2.24) is 0 Å². The molecule has 0 spiro atoms. The fourth-order valence-electron chi connectivity index (χ4n) is 3.21. The number of Topliss-reactive ketones (excluding diaryl/α,β-unsaturated/α-hetero) is 2. The van der Waals surface area contributed by atoms with Gasteiger partial charge in [0.1, 0.15) is 18.3 Å². The molecule has 0 aromatic heterocycles. The molecular formula is C22H16O3. The second kappa shape index (κ2) is 6.36. The highest BCUT2D eigenvalue weighted by molar-refractivity contribution is 6.29. The molecule has 0 saturated carbocycles. The summed E-state index contributed by atoms with van der Waals surface area (Å²) in [5.74, 6) is -0.553. The Bertz CT molecular complexity index is 909. The van der Waals surface area contributed by atoms with Crippen molar-refractivity contribution in [2.45, 2.75) is 12.5 Å². The number of ketones is 2. The average molecular weight is 328 g/mol. The van der Waals surface area contributed by atoms with E-state index in [1.165, 1.54) is 0 Å². The molecule has 0 atom stereocenters. The Morgan fingerprint density at radius 3 is 1.92 bits per heavy atom. The number of para-hydroxylation sites is 1. The molecule has 0 radical (unpaired) electrons. The SMILES string of the molecule is O=C1c2ccccc2C(=O)C1c1ccccc1OCc1ccccc1. The van der Waals surface area contributed by atoms with Crippen LogP contribution in [-0.4, -0.2) is 11.6 Å². The van der Waals surface area contributed by atoms with Crippen LogP contribution in [0, 0.1) is 0 Å². The van der Waals surface area contributed by atoms with Crippen LogP contribution in [0.4, 0.5) is 0 Å². The van der Waals surface area contributed by atoms with Gasteiger partial charge in [-0.05, 0) is 11.6 Å². The zero-order valence-electron chi connectivity index (χ0n) is 13.5. The van der Waals surface area contributed by atoms with Gasteiger partial charge in [0.25, 0.3) is 0 Å². The molecule has 25 heavy (non-hydrogen) atoms. The van der Waals surface area contributed by atoms with E-state index >= 15 is 0 Å². The van der Waals surface area contributed by atoms with Crippen molar-refractivity contribution in [2.24, 2.45) is 0 Å². The molecule has 0 fully saturated rings. The lowest BCUT2D eigenvalue weighted by Gasteiger charge is -2.14. The smallest absolute Gasteiger partial charge is 0.178 e. The minimum absolute atomic E-state index is 0.156. The van der Waals surface area contributed by atoms with Gasteiger partial charge in [-0.1, -0.05) is 72.8 Å². The third-order valence-corrected chi connectivity index (χ3v) is 4.45. The van der Waals surface area contributed by atoms with Gasteiger partial charge in [0, 0.05) is 16.7 Å². The Hall–Kier alpha value is -3.20. The van der Waals surface area contributed by atoms with Gasteiger partial charge in [-0.15, -0.1) is 0 Å². The van der Waals surface area contributed by atoms with E-state index in [1.54, 1.807) is 30.3 Å². The van der Waals surface area contributed by atoms with Gasteiger partial charge in [0.2, 0.25) is 0 Å². The summed E-state index contributed by atoms with van der Waals surface area (Å²) < 4.78 is 5.93. The lowest BCUT2D eigenvalue weighted by atomic mass is 9.93. The van der Waals surface area contributed by atoms with Gasteiger partial charge in [-0.2, -0.15) is 0 Å². The largest absolute Gasteiger partial charge is 0.489 e. The number of carbonyl (C=O) groups is 2. The van der Waals surface area contributed by atoms with Crippen LogP contribution in [0.5, 0.6) is 5.75 Å². The lowest BCUT2D eigenvalue weighted by Crippen LogP contribution is -2.14. The van der Waals surface area contributed by atoms with E-state index in [4.69, 9.17) is 4.74 Å². The maximum atomic E-state index is 12.8. The molecule has 0 aliphatic heterocycles. The van der Waals surface area contributed by atoms with Crippen LogP contribution in [0.2, 0.25) is 0 Å². The summed E-state index contributed by atoms with van der Waals surface area (Å²) in [4.78, 5) is 25.5. The van der Waals surface area contributed by atoms with Gasteiger partial charge in [-0.3, -0.25) is 9.59 Å². The Morgan fingerprint density at radius 2 is 1.24 bits per heavy atom. The van der Waals surface area contributed by atoms with Crippen molar-refractivity contribution in [1.29, 1.82) is 0 Å². The second-order valence-corrected chi connectivity index (χ2v) is 6.02. The topological polar surface area (TPSA) is 43.4 Å². The van der Waals surface area contributed by atoms with Crippen LogP contribution in [0.3, 0.4) is 0 Å². The third-order valence-electron chi connectivity index (χ3n) is 4.45. The van der Waals surface area contributed by atoms with Gasteiger partial charge in [-0.25, -0.2) is 0 Å². The third kappa shape index (κ3) is 2.74. The number of hydrogen-bond donors (Lipinski definition) is 0. The number of fused-ring (bicyclic) bond motifs is 1. The minimum Gasteiger partial charge on any atom is -0.489 e. The summed E-state index contributed by atoms with van der Waals surface area (Å²) in [6.45, 7) is 0.389. The highest BCUT2D eigenvalue weighted by Crippen LogP contribution is 2.38. The normalized spacial score (nSPS) is 13.8. The summed E-state index contributed by atoms with van der Waals surface area (Å²) in [5.41, 5.74) is 2.65. The molecule has 122 valence electrons. The first-order valence-electron chi connectivity index (χ1n) is 8.19. The van der Waals surface area contributed by atoms with Crippen LogP contribution in [-0.2, 0) is 6.61 Å². The van der Waals surface area contributed by atoms with E-state index in [2.05, 4.69) is 0 Å². The molecule has 1 aliphatic carbocycles. The number of rotatable bonds is 4. The van der Waals surface area contributed by atoms with Gasteiger partial charge < -0.3 is 4.74 Å². The summed E-state index contributed by atoms with van der Waals surface area (Å²) in [5, 5.41) is 0. The second-order valence-electron chi connectivity index (χ2n) is 6.02. The van der Waals surface area contributed by atoms with Crippen LogP contribution < -0.4 is 4.74 Å². The first-order valence-corrected chi connectivity index (χ1v) is 8.19. The van der Waals surface area contributed by atoms with E-state index in [1.807, 2.05) is 48.5 Å². The van der Waals surface area contributed by atoms with Crippen LogP contribution in [0.15, 0.2) is 78.9 Å². The Morgan fingerprint density at radius 1 is 0.680 bits per heavy atom. The van der Waals surface area contributed by atoms with Crippen molar-refractivity contribution in [3.8, 4) is 5.75 Å². The first-order chi connectivity index (χ1) is 12.3. The van der Waals surface area contributed by atoms with Gasteiger partial charge in [0.15, 0.2) is 11.6 Å². The molecule has 4 rings (SSSR count). The number of carbonyl (C=O) groups excluding carboxylic acids is 2. The molecule has 0 bridgehead atoms. The zero-order chi connectivity index (χ0) is 17.2. The molecule has 0 saturated heterocycles. The quantitative estimate of drug-likeness (QED) is 0.666. The summed E-state index contributed by atoms with van der Waals surface area (Å²) in [7, 11) is 0. The highest BCUT2D eigenvalue weighted by Gasteiger charge is 2.40. The van der Waals surface area contributed by atoms with Crippen LogP contribution in [0.1, 0.15) is 37.8 Å². The number of hydrogen-bond acceptors (Lipinski definition) is 3. The first kappa shape index (κ1) is 15.3. The monoisotopic (exact) mass is 328 g/mol. The number of ether oxygens (including phenoxy) is 1. The molecule has 0 N–H and O–H groups in total. The van der Waals surface area contributed by atoms with Gasteiger partial charge >= 0.3 is 0 Å². The Kier molecular flexibility index (Phi) is 3.90. The molecular weight excluding hydrogens is 312 g/mol. The van der Waals surface area contributed by atoms with E-state index < -0.39 is 5.92 Å². The standard InChI is InChI=1S/C22H16O3/c23-21-16-10-4-5-11-17(16)22(24)20(21)18-12-6-7-13-19(18)25-14-15-8-2-1-3-9-15/h1-13,20H,14H2. The van der Waals surface area contributed by atoms with Crippen molar-refractivity contribution in [2.75, 3.05) is 0 Å². The van der Waals surface area contributed by atoms with Crippen LogP contribution in [0.25, 0.3) is 0 Å². The van der Waals surface area contributed by atoms with E-state index in [-0.39, 0.29) is 11.6 Å². The predicted molar refractivity (Wildman–Crippen MR) is 95.1 cm³/mol. The lowest BCUT2D eigenvalue weighted by molar-refractivity contribution is 0.0887. The van der Waals surface area contributed by atoms with Crippen molar-refractivity contribution >= 4 is 11.6 Å². The maximum Gasteiger partial charge on any atom is 0.178 e. The van der Waals surface area contributed by atoms with Gasteiger partial charge in [0.05, 0.1) is 0 Å². The van der Waals surface area contributed by atoms with Crippen LogP contribution >= 0.6 is 0 Å². The molecule has 0 amide bonds. The van der Waals surface area contributed by atoms with Crippen molar-refractivity contribution < 1.29 is 14.3 Å². The molecule has 3 aromatic carbocycles. The zero-order valence-corrected chi connectivity index (χ0v) is 13.5.